The molecule has 3 nitrogen and oxygen atoms in total. The molecule has 0 bridgehead atoms. The first kappa shape index (κ1) is 18.7. The van der Waals surface area contributed by atoms with E-state index in [1.165, 1.54) is 31.7 Å². The second-order valence-corrected chi connectivity index (χ2v) is 4.42. The second-order valence-electron chi connectivity index (χ2n) is 4.42. The van der Waals surface area contributed by atoms with Gasteiger partial charge in [0.1, 0.15) is 11.3 Å². The minimum absolute atomic E-state index is 0. The summed E-state index contributed by atoms with van der Waals surface area (Å²) in [5, 5.41) is 9.48. The molecule has 0 heterocycles. The number of phenolic OH excluding ortho intramolecular Hbond substituents is 1. The number of esters is 1. The number of rotatable bonds is 8. The van der Waals surface area contributed by atoms with Crippen LogP contribution in [0.1, 0.15) is 55.8 Å². The molecule has 1 N–H and O–H groups in total. The van der Waals surface area contributed by atoms with E-state index in [2.05, 4.69) is 6.92 Å². The summed E-state index contributed by atoms with van der Waals surface area (Å²) in [6.07, 6.45) is 6.95. The van der Waals surface area contributed by atoms with Gasteiger partial charge in [0.05, 0.1) is 6.61 Å². The van der Waals surface area contributed by atoms with Crippen LogP contribution >= 0.6 is 0 Å². The first-order chi connectivity index (χ1) is 8.75. The summed E-state index contributed by atoms with van der Waals surface area (Å²) in [4.78, 5) is 11.6. The molecule has 0 fully saturated rings. The van der Waals surface area contributed by atoms with Crippen LogP contribution in [-0.2, 0) is 4.74 Å². The number of aromatic hydroxyl groups is 1. The molecular weight excluding hydrogens is 268 g/mol. The van der Waals surface area contributed by atoms with Crippen molar-refractivity contribution < 1.29 is 14.6 Å². The summed E-state index contributed by atoms with van der Waals surface area (Å²) >= 11 is 0. The number of unbranched alkanes of at least 4 members (excludes halogenated alkanes) is 5. The number of carbonyl (C=O) groups is 1. The monoisotopic (exact) mass is 292 g/mol. The summed E-state index contributed by atoms with van der Waals surface area (Å²) < 4.78 is 5.12. The standard InChI is InChI=1S/C15H22O3.Ca.2H/c1-2-3-4-5-6-9-12-18-15(17)13-10-7-8-11-14(13)16;;;/h7-8,10-11,16H,2-6,9,12H2,1H3;;;. The molecule has 0 atom stereocenters. The van der Waals surface area contributed by atoms with E-state index in [9.17, 15) is 9.90 Å². The molecule has 0 saturated carbocycles. The number of phenols is 1. The predicted octanol–water partition coefficient (Wildman–Crippen LogP) is 2.99. The molecule has 0 aromatic heterocycles. The fourth-order valence-electron chi connectivity index (χ4n) is 1.77. The SMILES string of the molecule is CCCCCCCCOC(=O)c1ccccc1O.[CaH2]. The van der Waals surface area contributed by atoms with E-state index in [0.717, 1.165) is 12.8 Å². The summed E-state index contributed by atoms with van der Waals surface area (Å²) in [6, 6.07) is 6.45. The number of benzene rings is 1. The van der Waals surface area contributed by atoms with Gasteiger partial charge in [-0.2, -0.15) is 0 Å². The first-order valence-corrected chi connectivity index (χ1v) is 6.70. The summed E-state index contributed by atoms with van der Waals surface area (Å²) in [5.74, 6) is -0.466. The van der Waals surface area contributed by atoms with Crippen molar-refractivity contribution in [3.63, 3.8) is 0 Å². The van der Waals surface area contributed by atoms with Gasteiger partial charge in [-0.15, -0.1) is 0 Å². The fraction of sp³-hybridized carbons (Fsp3) is 0.533. The van der Waals surface area contributed by atoms with Gasteiger partial charge in [0, 0.05) is 0 Å². The van der Waals surface area contributed by atoms with Gasteiger partial charge in [-0.1, -0.05) is 51.2 Å². The van der Waals surface area contributed by atoms with Crippen LogP contribution in [-0.4, -0.2) is 55.4 Å². The molecule has 0 aliphatic heterocycles. The van der Waals surface area contributed by atoms with E-state index in [1.54, 1.807) is 18.2 Å². The normalized spacial score (nSPS) is 9.74. The van der Waals surface area contributed by atoms with Crippen molar-refractivity contribution in [3.8, 4) is 5.75 Å². The van der Waals surface area contributed by atoms with Crippen LogP contribution in [0.2, 0.25) is 0 Å². The van der Waals surface area contributed by atoms with Crippen LogP contribution < -0.4 is 0 Å². The Kier molecular flexibility index (Phi) is 11.4. The maximum absolute atomic E-state index is 11.6. The number of hydrogen-bond donors (Lipinski definition) is 1. The Labute approximate surface area is 145 Å². The van der Waals surface area contributed by atoms with Crippen molar-refractivity contribution in [2.24, 2.45) is 0 Å². The van der Waals surface area contributed by atoms with Gasteiger partial charge in [0.25, 0.3) is 0 Å². The van der Waals surface area contributed by atoms with E-state index in [1.807, 2.05) is 0 Å². The molecule has 0 saturated heterocycles. The molecule has 1 aromatic carbocycles. The summed E-state index contributed by atoms with van der Waals surface area (Å²) in [5.41, 5.74) is 0.239. The molecule has 104 valence electrons. The average Bonchev–Trinajstić information content (AvgIpc) is 2.38. The minimum atomic E-state index is -0.443. The zero-order valence-electron chi connectivity index (χ0n) is 11.0. The first-order valence-electron chi connectivity index (χ1n) is 6.70. The number of hydrogen-bond acceptors (Lipinski definition) is 3. The van der Waals surface area contributed by atoms with Crippen molar-refractivity contribution in [1.82, 2.24) is 0 Å². The average molecular weight is 292 g/mol. The van der Waals surface area contributed by atoms with Gasteiger partial charge < -0.3 is 9.84 Å². The van der Waals surface area contributed by atoms with E-state index in [0.29, 0.717) is 6.61 Å². The van der Waals surface area contributed by atoms with Gasteiger partial charge in [0.2, 0.25) is 0 Å². The maximum atomic E-state index is 11.6. The Morgan fingerprint density at radius 2 is 1.74 bits per heavy atom. The molecule has 4 heteroatoms. The van der Waals surface area contributed by atoms with E-state index in [-0.39, 0.29) is 49.1 Å². The molecule has 1 aromatic rings. The predicted molar refractivity (Wildman–Crippen MR) is 80.3 cm³/mol. The third kappa shape index (κ3) is 7.81. The van der Waals surface area contributed by atoms with Crippen molar-refractivity contribution in [2.75, 3.05) is 6.61 Å². The molecule has 0 amide bonds. The Hall–Kier alpha value is -0.250. The summed E-state index contributed by atoms with van der Waals surface area (Å²) in [7, 11) is 0. The zero-order valence-corrected chi connectivity index (χ0v) is 11.0. The fourth-order valence-corrected chi connectivity index (χ4v) is 1.77. The van der Waals surface area contributed by atoms with E-state index in [4.69, 9.17) is 4.74 Å². The Balaban J connectivity index is 0.00000324. The van der Waals surface area contributed by atoms with E-state index >= 15 is 0 Å². The third-order valence-electron chi connectivity index (χ3n) is 2.86. The Bertz CT molecular complexity index is 366. The van der Waals surface area contributed by atoms with Crippen LogP contribution in [0.3, 0.4) is 0 Å². The van der Waals surface area contributed by atoms with Crippen molar-refractivity contribution >= 4 is 43.7 Å². The third-order valence-corrected chi connectivity index (χ3v) is 2.86. The van der Waals surface area contributed by atoms with Gasteiger partial charge in [-0.05, 0) is 18.6 Å². The van der Waals surface area contributed by atoms with Crippen LogP contribution in [0, 0.1) is 0 Å². The van der Waals surface area contributed by atoms with Gasteiger partial charge in [-0.25, -0.2) is 4.79 Å². The van der Waals surface area contributed by atoms with Crippen molar-refractivity contribution in [2.45, 2.75) is 45.4 Å². The van der Waals surface area contributed by atoms with E-state index < -0.39 is 5.97 Å². The quantitative estimate of drug-likeness (QED) is 0.455. The number of para-hydroxylation sites is 1. The van der Waals surface area contributed by atoms with Crippen molar-refractivity contribution in [3.05, 3.63) is 29.8 Å². The van der Waals surface area contributed by atoms with Gasteiger partial charge >= 0.3 is 43.7 Å². The molecule has 1 rings (SSSR count). The molecule has 0 spiro atoms. The zero-order chi connectivity index (χ0) is 13.2. The molecular formula is C15H24CaO3. The van der Waals surface area contributed by atoms with Gasteiger partial charge in [-0.3, -0.25) is 0 Å². The number of carbonyl (C=O) groups excluding carboxylic acids is 1. The van der Waals surface area contributed by atoms with Crippen LogP contribution in [0.5, 0.6) is 5.75 Å². The Morgan fingerprint density at radius 3 is 2.42 bits per heavy atom. The second kappa shape index (κ2) is 11.6. The van der Waals surface area contributed by atoms with Crippen LogP contribution in [0.25, 0.3) is 0 Å². The number of ether oxygens (including phenoxy) is 1. The summed E-state index contributed by atoms with van der Waals surface area (Å²) in [6.45, 7) is 2.62. The molecule has 0 aliphatic rings. The molecule has 19 heavy (non-hydrogen) atoms. The molecule has 0 unspecified atom stereocenters. The van der Waals surface area contributed by atoms with Gasteiger partial charge in [0.15, 0.2) is 0 Å². The van der Waals surface area contributed by atoms with Crippen LogP contribution in [0.4, 0.5) is 0 Å². The van der Waals surface area contributed by atoms with Crippen LogP contribution in [0.15, 0.2) is 24.3 Å². The Morgan fingerprint density at radius 1 is 1.11 bits per heavy atom. The topological polar surface area (TPSA) is 46.5 Å². The molecule has 0 radical (unpaired) electrons. The van der Waals surface area contributed by atoms with Crippen molar-refractivity contribution in [1.29, 1.82) is 0 Å². The molecule has 0 aliphatic carbocycles.